The Morgan fingerprint density at radius 3 is 2.47 bits per heavy atom. The quantitative estimate of drug-likeness (QED) is 0.748. The van der Waals surface area contributed by atoms with Crippen molar-refractivity contribution < 1.29 is 0 Å². The fourth-order valence-electron chi connectivity index (χ4n) is 3.14. The van der Waals surface area contributed by atoms with Crippen molar-refractivity contribution in [3.63, 3.8) is 0 Å². The Hall–Kier alpha value is -0.120. The topological polar surface area (TPSA) is 32.5 Å². The zero-order valence-corrected chi connectivity index (χ0v) is 10.2. The molecule has 2 atom stereocenters. The van der Waals surface area contributed by atoms with E-state index in [2.05, 4.69) is 23.8 Å². The molecule has 0 spiro atoms. The minimum atomic E-state index is 0.530. The molecule has 0 aliphatic carbocycles. The van der Waals surface area contributed by atoms with Gasteiger partial charge in [-0.3, -0.25) is 4.90 Å². The highest BCUT2D eigenvalue weighted by molar-refractivity contribution is 4.89. The molecule has 3 aliphatic heterocycles. The van der Waals surface area contributed by atoms with Crippen molar-refractivity contribution in [3.8, 4) is 0 Å². The Bertz CT molecular complexity index is 199. The maximum atomic E-state index is 5.76. The van der Waals surface area contributed by atoms with Crippen LogP contribution in [0.5, 0.6) is 0 Å². The van der Waals surface area contributed by atoms with Crippen molar-refractivity contribution in [2.24, 2.45) is 11.7 Å². The first-order valence-corrected chi connectivity index (χ1v) is 6.36. The van der Waals surface area contributed by atoms with Crippen molar-refractivity contribution >= 4 is 0 Å². The molecule has 0 aromatic rings. The normalized spacial score (nSPS) is 38.0. The van der Waals surface area contributed by atoms with Crippen molar-refractivity contribution in [2.75, 3.05) is 33.2 Å². The summed E-state index contributed by atoms with van der Waals surface area (Å²) in [6.07, 6.45) is 4.13. The first-order valence-electron chi connectivity index (χ1n) is 6.36. The number of fused-ring (bicyclic) bond motifs is 4. The second-order valence-corrected chi connectivity index (χ2v) is 5.29. The maximum Gasteiger partial charge on any atom is 0.0190 e. The molecule has 0 amide bonds. The van der Waals surface area contributed by atoms with E-state index in [1.54, 1.807) is 0 Å². The molecule has 3 heteroatoms. The third-order valence-corrected chi connectivity index (χ3v) is 4.48. The third-order valence-electron chi connectivity index (χ3n) is 4.48. The van der Waals surface area contributed by atoms with Crippen LogP contribution in [-0.4, -0.2) is 55.1 Å². The number of nitrogens with two attached hydrogens (primary N) is 1. The summed E-state index contributed by atoms with van der Waals surface area (Å²) in [7, 11) is 2.26. The van der Waals surface area contributed by atoms with Gasteiger partial charge in [0.2, 0.25) is 0 Å². The van der Waals surface area contributed by atoms with Gasteiger partial charge in [-0.05, 0) is 58.8 Å². The number of rotatable bonds is 3. The van der Waals surface area contributed by atoms with Crippen LogP contribution < -0.4 is 5.73 Å². The predicted octanol–water partition coefficient (Wildman–Crippen LogP) is 0.750. The summed E-state index contributed by atoms with van der Waals surface area (Å²) in [5.41, 5.74) is 5.76. The maximum absolute atomic E-state index is 5.76. The van der Waals surface area contributed by atoms with E-state index in [1.165, 1.54) is 38.9 Å². The Labute approximate surface area is 93.6 Å². The summed E-state index contributed by atoms with van der Waals surface area (Å²) in [4.78, 5) is 5.15. The molecule has 3 rings (SSSR count). The number of hydrogen-bond donors (Lipinski definition) is 1. The average Bonchev–Trinajstić information content (AvgIpc) is 2.60. The Balaban J connectivity index is 2.01. The van der Waals surface area contributed by atoms with Gasteiger partial charge in [-0.1, -0.05) is 0 Å². The van der Waals surface area contributed by atoms with E-state index in [4.69, 9.17) is 5.73 Å². The summed E-state index contributed by atoms with van der Waals surface area (Å²) in [5.74, 6) is 0.919. The van der Waals surface area contributed by atoms with Crippen molar-refractivity contribution in [1.82, 2.24) is 9.80 Å². The van der Waals surface area contributed by atoms with E-state index in [0.717, 1.165) is 18.5 Å². The van der Waals surface area contributed by atoms with Gasteiger partial charge in [0, 0.05) is 18.6 Å². The summed E-state index contributed by atoms with van der Waals surface area (Å²) in [6, 6.07) is 1.30. The lowest BCUT2D eigenvalue weighted by atomic mass is 9.89. The minimum absolute atomic E-state index is 0.530. The molecule has 3 saturated heterocycles. The highest BCUT2D eigenvalue weighted by Crippen LogP contribution is 2.30. The Kier molecular flexibility index (Phi) is 3.65. The van der Waals surface area contributed by atoms with Gasteiger partial charge in [-0.25, -0.2) is 0 Å². The minimum Gasteiger partial charge on any atom is -0.329 e. The second kappa shape index (κ2) is 4.81. The Morgan fingerprint density at radius 2 is 1.87 bits per heavy atom. The molecule has 0 aromatic heterocycles. The molecule has 15 heavy (non-hydrogen) atoms. The highest BCUT2D eigenvalue weighted by atomic mass is 15.2. The second-order valence-electron chi connectivity index (χ2n) is 5.29. The van der Waals surface area contributed by atoms with Crippen molar-refractivity contribution in [2.45, 2.75) is 38.3 Å². The monoisotopic (exact) mass is 211 g/mol. The van der Waals surface area contributed by atoms with E-state index < -0.39 is 0 Å². The van der Waals surface area contributed by atoms with E-state index in [1.807, 2.05) is 0 Å². The molecule has 88 valence electrons. The lowest BCUT2D eigenvalue weighted by Crippen LogP contribution is -2.46. The van der Waals surface area contributed by atoms with Crippen LogP contribution in [0.2, 0.25) is 0 Å². The Morgan fingerprint density at radius 1 is 1.27 bits per heavy atom. The zero-order chi connectivity index (χ0) is 10.8. The standard InChI is InChI=1S/C12H25N3/c1-10(9-13)14(2)12-5-8-15-6-3-11(12)4-7-15/h10-12H,3-9,13H2,1-2H3. The SMILES string of the molecule is CC(CN)N(C)C1CCN2CCC1CC2. The molecule has 0 aromatic carbocycles. The molecule has 3 aliphatic rings. The summed E-state index contributed by atoms with van der Waals surface area (Å²) in [6.45, 7) is 6.97. The van der Waals surface area contributed by atoms with Gasteiger partial charge in [0.05, 0.1) is 0 Å². The molecule has 2 unspecified atom stereocenters. The van der Waals surface area contributed by atoms with Crippen LogP contribution in [0.15, 0.2) is 0 Å². The lowest BCUT2D eigenvalue weighted by Gasteiger charge is -2.37. The average molecular weight is 211 g/mol. The number of piperidine rings is 1. The zero-order valence-electron chi connectivity index (χ0n) is 10.2. The van der Waals surface area contributed by atoms with Crippen LogP contribution in [0.4, 0.5) is 0 Å². The summed E-state index contributed by atoms with van der Waals surface area (Å²) >= 11 is 0. The predicted molar refractivity (Wildman–Crippen MR) is 63.8 cm³/mol. The van der Waals surface area contributed by atoms with Gasteiger partial charge in [0.1, 0.15) is 0 Å². The number of likely N-dealkylation sites (N-methyl/N-ethyl adjacent to an activating group) is 1. The van der Waals surface area contributed by atoms with Crippen LogP contribution in [0.3, 0.4) is 0 Å². The molecule has 2 bridgehead atoms. The van der Waals surface area contributed by atoms with Crippen LogP contribution in [0.25, 0.3) is 0 Å². The number of nitrogens with zero attached hydrogens (tertiary/aromatic N) is 2. The smallest absolute Gasteiger partial charge is 0.0190 e. The van der Waals surface area contributed by atoms with Gasteiger partial charge in [0.25, 0.3) is 0 Å². The van der Waals surface area contributed by atoms with Crippen molar-refractivity contribution in [1.29, 1.82) is 0 Å². The van der Waals surface area contributed by atoms with E-state index in [-0.39, 0.29) is 0 Å². The van der Waals surface area contributed by atoms with Crippen molar-refractivity contribution in [3.05, 3.63) is 0 Å². The summed E-state index contributed by atoms with van der Waals surface area (Å²) < 4.78 is 0. The first kappa shape index (κ1) is 11.4. The molecule has 0 radical (unpaired) electrons. The largest absolute Gasteiger partial charge is 0.329 e. The van der Waals surface area contributed by atoms with Crippen LogP contribution >= 0.6 is 0 Å². The summed E-state index contributed by atoms with van der Waals surface area (Å²) in [5, 5.41) is 0. The molecule has 3 fully saturated rings. The van der Waals surface area contributed by atoms with Gasteiger partial charge < -0.3 is 10.6 Å². The third kappa shape index (κ3) is 2.35. The first-order chi connectivity index (χ1) is 7.22. The van der Waals surface area contributed by atoms with E-state index in [0.29, 0.717) is 6.04 Å². The van der Waals surface area contributed by atoms with Gasteiger partial charge >= 0.3 is 0 Å². The fraction of sp³-hybridized carbons (Fsp3) is 1.00. The number of hydrogen-bond acceptors (Lipinski definition) is 3. The molecular formula is C12H25N3. The van der Waals surface area contributed by atoms with Crippen LogP contribution in [-0.2, 0) is 0 Å². The van der Waals surface area contributed by atoms with Gasteiger partial charge in [-0.15, -0.1) is 0 Å². The van der Waals surface area contributed by atoms with Crippen LogP contribution in [0, 0.1) is 5.92 Å². The lowest BCUT2D eigenvalue weighted by molar-refractivity contribution is 0.121. The van der Waals surface area contributed by atoms with Crippen LogP contribution in [0.1, 0.15) is 26.2 Å². The molecule has 2 N–H and O–H groups in total. The fourth-order valence-corrected chi connectivity index (χ4v) is 3.14. The van der Waals surface area contributed by atoms with Gasteiger partial charge in [0.15, 0.2) is 0 Å². The molecule has 3 heterocycles. The highest BCUT2D eigenvalue weighted by Gasteiger charge is 2.34. The van der Waals surface area contributed by atoms with E-state index >= 15 is 0 Å². The molecule has 3 nitrogen and oxygen atoms in total. The molecular weight excluding hydrogens is 186 g/mol. The van der Waals surface area contributed by atoms with E-state index in [9.17, 15) is 0 Å². The molecule has 0 saturated carbocycles. The van der Waals surface area contributed by atoms with Gasteiger partial charge in [-0.2, -0.15) is 0 Å².